The number of hydrogen-bond donors (Lipinski definition) is 3. The van der Waals surface area contributed by atoms with Crippen molar-refractivity contribution in [2.45, 2.75) is 83.3 Å². The van der Waals surface area contributed by atoms with Crippen LogP contribution in [0, 0.1) is 18.3 Å². The molecule has 1 saturated carbocycles. The number of aliphatic hydroxyl groups is 1. The maximum absolute atomic E-state index is 9.41. The molecule has 13 heteroatoms. The van der Waals surface area contributed by atoms with Gasteiger partial charge in [0.2, 0.25) is 5.95 Å². The molecule has 0 amide bonds. The van der Waals surface area contributed by atoms with Gasteiger partial charge in [-0.05, 0) is 63.3 Å². The van der Waals surface area contributed by atoms with Crippen LogP contribution in [0.1, 0.15) is 64.5 Å². The van der Waals surface area contributed by atoms with E-state index in [9.17, 15) is 10.4 Å². The van der Waals surface area contributed by atoms with E-state index in [0.717, 1.165) is 49.9 Å². The minimum Gasteiger partial charge on any atom is -0.521 e. The number of ether oxygens (including phenoxy) is 3. The average Bonchev–Trinajstić information content (AvgIpc) is 3.44. The molecule has 2 aromatic heterocycles. The van der Waals surface area contributed by atoms with Crippen molar-refractivity contribution in [2.75, 3.05) is 31.6 Å². The number of nitrogens with one attached hydrogen (secondary N) is 1. The van der Waals surface area contributed by atoms with Gasteiger partial charge >= 0.3 is 16.5 Å². The molecule has 1 aromatic carbocycles. The SMILES string of the molecule is [CH-]=[NH2+].[CH2-][C@H](C)Oc1cc(-c2cnc(Nc3cn(C4CCC(N5C[C@@H](C)O[C@@H](C)C5)CC4)nc3OCCCO)nc2)ccc1C#N.[Ni+2]. The van der Waals surface area contributed by atoms with Crippen LogP contribution in [0.25, 0.3) is 11.1 Å². The Kier molecular flexibility index (Phi) is 14.4. The van der Waals surface area contributed by atoms with Crippen molar-refractivity contribution >= 4 is 18.4 Å². The molecule has 1 saturated heterocycles. The predicted molar refractivity (Wildman–Crippen MR) is 171 cm³/mol. The van der Waals surface area contributed by atoms with E-state index in [1.54, 1.807) is 24.5 Å². The van der Waals surface area contributed by atoms with Crippen LogP contribution in [-0.2, 0) is 21.2 Å². The summed E-state index contributed by atoms with van der Waals surface area (Å²) in [6.07, 6.45) is 10.5. The van der Waals surface area contributed by atoms with Gasteiger partial charge in [0, 0.05) is 50.1 Å². The van der Waals surface area contributed by atoms with Gasteiger partial charge in [-0.2, -0.15) is 5.26 Å². The Balaban J connectivity index is 0.00000188. The van der Waals surface area contributed by atoms with Crippen LogP contribution in [0.2, 0.25) is 0 Å². The molecular weight excluding hydrogens is 631 g/mol. The van der Waals surface area contributed by atoms with E-state index in [-0.39, 0.29) is 47.5 Å². The zero-order valence-electron chi connectivity index (χ0n) is 26.7. The second-order valence-electron chi connectivity index (χ2n) is 11.6. The maximum Gasteiger partial charge on any atom is 2.00 e. The van der Waals surface area contributed by atoms with E-state index in [2.05, 4.69) is 59.2 Å². The standard InChI is InChI=1S/C32H42N7O4.CH3N.Ni/c1-21(2)42-30-14-24(6-7-25(30)15-33)26-16-34-32(35-17-26)36-29-20-39(37-31(29)41-13-5-12-40)28-10-8-27(9-11-28)38-18-22(3)43-23(4)19-38;1-2;/h6-7,14,16-17,20-23,27-28,40H,1,5,8-13,18-19H2,2-4H3,(H,34,35,36);1H,2H2;/q-1;;+2/t21-,22-,23+,27?,28?;;/m1../s1. The maximum atomic E-state index is 9.41. The summed E-state index contributed by atoms with van der Waals surface area (Å²) in [4.78, 5) is 11.7. The first kappa shape index (κ1) is 36.9. The number of nitrogens with zero attached hydrogens (tertiary/aromatic N) is 6. The Morgan fingerprint density at radius 2 is 1.78 bits per heavy atom. The van der Waals surface area contributed by atoms with Crippen molar-refractivity contribution in [3.63, 3.8) is 0 Å². The largest absolute Gasteiger partial charge is 2.00 e. The van der Waals surface area contributed by atoms with E-state index in [1.165, 1.54) is 0 Å². The van der Waals surface area contributed by atoms with Gasteiger partial charge in [0.25, 0.3) is 5.88 Å². The Morgan fingerprint density at radius 1 is 1.13 bits per heavy atom. The second kappa shape index (κ2) is 18.0. The fourth-order valence-electron chi connectivity index (χ4n) is 5.96. The van der Waals surface area contributed by atoms with E-state index in [4.69, 9.17) is 19.3 Å². The van der Waals surface area contributed by atoms with Gasteiger partial charge in [0.15, 0.2) is 0 Å². The third-order valence-electron chi connectivity index (χ3n) is 7.91. The summed E-state index contributed by atoms with van der Waals surface area (Å²) in [5.74, 6) is 1.35. The quantitative estimate of drug-likeness (QED) is 0.119. The van der Waals surface area contributed by atoms with Crippen LogP contribution in [0.4, 0.5) is 11.6 Å². The second-order valence-corrected chi connectivity index (χ2v) is 11.6. The number of nitriles is 1. The normalized spacial score (nSPS) is 21.9. The van der Waals surface area contributed by atoms with E-state index in [0.29, 0.717) is 47.9 Å². The molecule has 4 N–H and O–H groups in total. The van der Waals surface area contributed by atoms with Crippen LogP contribution in [0.3, 0.4) is 0 Å². The van der Waals surface area contributed by atoms with E-state index >= 15 is 0 Å². The number of hydrogen-bond acceptors (Lipinski definition) is 10. The molecule has 0 radical (unpaired) electrons. The molecular formula is C33H45N8NiO4+. The van der Waals surface area contributed by atoms with Crippen molar-refractivity contribution < 1.29 is 41.2 Å². The van der Waals surface area contributed by atoms with Gasteiger partial charge in [0.05, 0.1) is 36.6 Å². The van der Waals surface area contributed by atoms with Crippen LogP contribution in [0.5, 0.6) is 11.6 Å². The van der Waals surface area contributed by atoms with Crippen LogP contribution in [-0.4, -0.2) is 87.1 Å². The molecule has 0 bridgehead atoms. The minimum atomic E-state index is -0.299. The molecule has 0 spiro atoms. The number of morpholine rings is 1. The Morgan fingerprint density at radius 3 is 2.39 bits per heavy atom. The summed E-state index contributed by atoms with van der Waals surface area (Å²) in [5, 5.41) is 30.7. The summed E-state index contributed by atoms with van der Waals surface area (Å²) in [6.45, 7) is 16.4. The fourth-order valence-corrected chi connectivity index (χ4v) is 5.96. The molecule has 12 nitrogen and oxygen atoms in total. The molecule has 1 aliphatic carbocycles. The van der Waals surface area contributed by atoms with Gasteiger partial charge in [0.1, 0.15) is 17.5 Å². The van der Waals surface area contributed by atoms with Gasteiger partial charge < -0.3 is 37.0 Å². The number of benzene rings is 1. The molecule has 3 heterocycles. The molecule has 2 aliphatic rings. The number of aliphatic hydroxyl groups excluding tert-OH is 1. The molecule has 0 unspecified atom stereocenters. The monoisotopic (exact) mass is 675 g/mol. The Labute approximate surface area is 281 Å². The molecule has 3 atom stereocenters. The van der Waals surface area contributed by atoms with E-state index in [1.807, 2.05) is 23.9 Å². The molecule has 2 fully saturated rings. The Hall–Kier alpha value is -3.56. The Bertz CT molecular complexity index is 1400. The van der Waals surface area contributed by atoms with Crippen molar-refractivity contribution in [1.29, 1.82) is 5.26 Å². The summed E-state index contributed by atoms with van der Waals surface area (Å²) in [7, 11) is 0. The van der Waals surface area contributed by atoms with E-state index < -0.39 is 0 Å². The first-order valence-electron chi connectivity index (χ1n) is 15.5. The third kappa shape index (κ3) is 9.72. The van der Waals surface area contributed by atoms with Crippen molar-refractivity contribution in [3.8, 4) is 28.8 Å². The number of rotatable bonds is 11. The molecule has 250 valence electrons. The summed E-state index contributed by atoms with van der Waals surface area (Å²) >= 11 is 0. The van der Waals surface area contributed by atoms with Gasteiger partial charge in [-0.25, -0.2) is 16.7 Å². The molecule has 5 rings (SSSR count). The minimum absolute atomic E-state index is 0. The summed E-state index contributed by atoms with van der Waals surface area (Å²) < 4.78 is 19.6. The fraction of sp³-hybridized carbons (Fsp3) is 0.515. The van der Waals surface area contributed by atoms with Crippen LogP contribution >= 0.6 is 0 Å². The van der Waals surface area contributed by atoms with Crippen molar-refractivity contribution in [3.05, 3.63) is 49.3 Å². The van der Waals surface area contributed by atoms with Gasteiger partial charge in [-0.3, -0.25) is 9.58 Å². The summed E-state index contributed by atoms with van der Waals surface area (Å²) in [5.41, 5.74) is 2.75. The molecule has 3 aromatic rings. The average molecular weight is 676 g/mol. The zero-order valence-corrected chi connectivity index (χ0v) is 27.7. The number of anilines is 2. The van der Waals surface area contributed by atoms with Crippen molar-refractivity contribution in [2.24, 2.45) is 0 Å². The topological polar surface area (TPSA) is 156 Å². The van der Waals surface area contributed by atoms with Crippen molar-refractivity contribution in [1.82, 2.24) is 24.6 Å². The van der Waals surface area contributed by atoms with Gasteiger partial charge in [-0.15, -0.1) is 5.10 Å². The van der Waals surface area contributed by atoms with Gasteiger partial charge in [-0.1, -0.05) is 13.0 Å². The molecule has 1 aliphatic heterocycles. The number of aromatic nitrogens is 4. The predicted octanol–water partition coefficient (Wildman–Crippen LogP) is 3.23. The summed E-state index contributed by atoms with van der Waals surface area (Å²) in [6, 6.07) is 8.37. The first-order valence-corrected chi connectivity index (χ1v) is 15.5. The first-order chi connectivity index (χ1) is 21.8. The zero-order chi connectivity index (χ0) is 32.3. The van der Waals surface area contributed by atoms with Crippen LogP contribution < -0.4 is 20.2 Å². The van der Waals surface area contributed by atoms with Crippen LogP contribution in [0.15, 0.2) is 36.8 Å². The molecule has 46 heavy (non-hydrogen) atoms. The smallest absolute Gasteiger partial charge is 0.521 e. The number of nitrogens with two attached hydrogens (primary N) is 1. The third-order valence-corrected chi connectivity index (χ3v) is 7.91.